The maximum atomic E-state index is 13.9. The summed E-state index contributed by atoms with van der Waals surface area (Å²) in [7, 11) is -3.40. The third-order valence-corrected chi connectivity index (χ3v) is 6.19. The first-order chi connectivity index (χ1) is 16.5. The molecular formula is C22H24ClF3N6O3S. The number of carbonyl (C=O) groups excluding carboxylic acids is 1. The van der Waals surface area contributed by atoms with E-state index in [1.165, 1.54) is 0 Å². The van der Waals surface area contributed by atoms with Crippen molar-refractivity contribution in [2.24, 2.45) is 5.73 Å². The molecule has 0 radical (unpaired) electrons. The van der Waals surface area contributed by atoms with E-state index in [1.807, 2.05) is 0 Å². The minimum absolute atomic E-state index is 0. The highest BCUT2D eigenvalue weighted by Crippen LogP contribution is 2.26. The number of carbonyl (C=O) groups is 1. The van der Waals surface area contributed by atoms with E-state index >= 15 is 0 Å². The summed E-state index contributed by atoms with van der Waals surface area (Å²) < 4.78 is 67.4. The third kappa shape index (κ3) is 6.33. The van der Waals surface area contributed by atoms with Gasteiger partial charge in [-0.25, -0.2) is 26.3 Å². The molecule has 1 aromatic heterocycles. The Kier molecular flexibility index (Phi) is 8.26. The van der Waals surface area contributed by atoms with Crippen LogP contribution in [0.3, 0.4) is 0 Å². The Morgan fingerprint density at radius 2 is 1.78 bits per heavy atom. The van der Waals surface area contributed by atoms with Crippen LogP contribution in [-0.2, 0) is 34.3 Å². The average Bonchev–Trinajstić information content (AvgIpc) is 3.20. The van der Waals surface area contributed by atoms with Crippen molar-refractivity contribution in [3.05, 3.63) is 65.1 Å². The number of hydrogen-bond acceptors (Lipinski definition) is 6. The van der Waals surface area contributed by atoms with Crippen LogP contribution >= 0.6 is 12.4 Å². The number of halogens is 4. The van der Waals surface area contributed by atoms with Crippen molar-refractivity contribution in [1.29, 1.82) is 0 Å². The molecule has 0 aliphatic carbocycles. The van der Waals surface area contributed by atoms with Crippen LogP contribution in [0.1, 0.15) is 17.7 Å². The summed E-state index contributed by atoms with van der Waals surface area (Å²) in [6, 6.07) is 7.03. The lowest BCUT2D eigenvalue weighted by Crippen LogP contribution is -2.41. The quantitative estimate of drug-likeness (QED) is 0.440. The molecule has 4 rings (SSSR count). The molecule has 2 aromatic carbocycles. The lowest BCUT2D eigenvalue weighted by atomic mass is 10.0. The number of rotatable bonds is 7. The van der Waals surface area contributed by atoms with Gasteiger partial charge in [-0.15, -0.1) is 17.5 Å². The Labute approximate surface area is 211 Å². The molecule has 0 saturated carbocycles. The van der Waals surface area contributed by atoms with E-state index in [-0.39, 0.29) is 43.3 Å². The molecule has 0 unspecified atom stereocenters. The van der Waals surface area contributed by atoms with Crippen molar-refractivity contribution in [3.63, 3.8) is 0 Å². The lowest BCUT2D eigenvalue weighted by molar-refractivity contribution is -0.133. The minimum Gasteiger partial charge on any atom is -0.335 e. The number of nitrogens with two attached hydrogens (primary N) is 1. The number of amides is 1. The molecule has 194 valence electrons. The molecule has 0 saturated heterocycles. The van der Waals surface area contributed by atoms with Crippen molar-refractivity contribution in [2.75, 3.05) is 17.5 Å². The molecule has 36 heavy (non-hydrogen) atoms. The summed E-state index contributed by atoms with van der Waals surface area (Å²) in [6.07, 6.45) is 0.824. The van der Waals surface area contributed by atoms with Crippen LogP contribution < -0.4 is 10.5 Å². The zero-order valence-corrected chi connectivity index (χ0v) is 20.8. The summed E-state index contributed by atoms with van der Waals surface area (Å²) in [4.78, 5) is 14.5. The zero-order valence-electron chi connectivity index (χ0n) is 19.1. The van der Waals surface area contributed by atoms with Crippen molar-refractivity contribution in [3.8, 4) is 11.3 Å². The second kappa shape index (κ2) is 10.8. The second-order valence-corrected chi connectivity index (χ2v) is 10.1. The summed E-state index contributed by atoms with van der Waals surface area (Å²) in [5, 5.41) is 8.35. The van der Waals surface area contributed by atoms with Gasteiger partial charge in [-0.2, -0.15) is 0 Å². The Balaban J connectivity index is 0.00000361. The first-order valence-corrected chi connectivity index (χ1v) is 12.6. The average molecular weight is 545 g/mol. The van der Waals surface area contributed by atoms with E-state index in [1.54, 1.807) is 33.8 Å². The molecule has 1 atom stereocenters. The van der Waals surface area contributed by atoms with Gasteiger partial charge in [-0.3, -0.25) is 9.52 Å². The van der Waals surface area contributed by atoms with E-state index in [0.29, 0.717) is 41.8 Å². The van der Waals surface area contributed by atoms with E-state index in [9.17, 15) is 26.4 Å². The number of benzene rings is 2. The van der Waals surface area contributed by atoms with Crippen molar-refractivity contribution in [1.82, 2.24) is 19.9 Å². The van der Waals surface area contributed by atoms with Gasteiger partial charge in [-0.1, -0.05) is 17.3 Å². The Bertz CT molecular complexity index is 1370. The molecule has 1 amide bonds. The number of nitrogens with zero attached hydrogens (tertiary/aromatic N) is 4. The van der Waals surface area contributed by atoms with Gasteiger partial charge >= 0.3 is 0 Å². The topological polar surface area (TPSA) is 123 Å². The fourth-order valence-electron chi connectivity index (χ4n) is 3.92. The molecule has 2 heterocycles. The van der Waals surface area contributed by atoms with E-state index < -0.39 is 33.5 Å². The molecule has 9 nitrogen and oxygen atoms in total. The van der Waals surface area contributed by atoms with Crippen molar-refractivity contribution >= 4 is 34.0 Å². The standard InChI is InChI=1S/C22H23F3N6O3S.ClH/c1-35(33,34)28-16-4-2-13(3-5-16)22-20-12-30(6-7-31(20)29-27-22)21(32)10-15(26)8-14-9-18(24)19(25)11-17(14)23;/h2-5,9,11,15,28H,6-8,10,12,26H2,1H3;1H/t15-;/m1./s1. The summed E-state index contributed by atoms with van der Waals surface area (Å²) in [6.45, 7) is 1.00. The second-order valence-electron chi connectivity index (χ2n) is 8.40. The number of anilines is 1. The molecule has 3 N–H and O–H groups in total. The summed E-state index contributed by atoms with van der Waals surface area (Å²) in [5.41, 5.74) is 8.28. The molecule has 3 aromatic rings. The highest BCUT2D eigenvalue weighted by atomic mass is 35.5. The van der Waals surface area contributed by atoms with Crippen LogP contribution in [0.25, 0.3) is 11.3 Å². The Hall–Kier alpha value is -3.16. The predicted octanol–water partition coefficient (Wildman–Crippen LogP) is 2.46. The molecular weight excluding hydrogens is 521 g/mol. The van der Waals surface area contributed by atoms with Gasteiger partial charge < -0.3 is 10.6 Å². The fraction of sp³-hybridized carbons (Fsp3) is 0.318. The third-order valence-electron chi connectivity index (χ3n) is 5.58. The van der Waals surface area contributed by atoms with E-state index in [4.69, 9.17) is 5.73 Å². The summed E-state index contributed by atoms with van der Waals surface area (Å²) in [5.74, 6) is -3.65. The number of nitrogens with one attached hydrogen (secondary N) is 1. The zero-order chi connectivity index (χ0) is 25.3. The van der Waals surface area contributed by atoms with Crippen LogP contribution in [0, 0.1) is 17.5 Å². The van der Waals surface area contributed by atoms with Gasteiger partial charge in [0.05, 0.1) is 25.0 Å². The fourth-order valence-corrected chi connectivity index (χ4v) is 4.48. The van der Waals surface area contributed by atoms with E-state index in [0.717, 1.165) is 12.3 Å². The maximum Gasteiger partial charge on any atom is 0.229 e. The van der Waals surface area contributed by atoms with Crippen LogP contribution in [0.15, 0.2) is 36.4 Å². The maximum absolute atomic E-state index is 13.9. The molecule has 1 aliphatic heterocycles. The molecule has 0 fully saturated rings. The lowest BCUT2D eigenvalue weighted by Gasteiger charge is -2.28. The Morgan fingerprint density at radius 1 is 1.11 bits per heavy atom. The molecule has 0 bridgehead atoms. The molecule has 14 heteroatoms. The van der Waals surface area contributed by atoms with Crippen LogP contribution in [-0.4, -0.2) is 53.1 Å². The largest absolute Gasteiger partial charge is 0.335 e. The monoisotopic (exact) mass is 544 g/mol. The number of hydrogen-bond donors (Lipinski definition) is 2. The summed E-state index contributed by atoms with van der Waals surface area (Å²) >= 11 is 0. The normalized spacial score (nSPS) is 14.1. The van der Waals surface area contributed by atoms with Gasteiger partial charge in [0.15, 0.2) is 11.6 Å². The van der Waals surface area contributed by atoms with Crippen LogP contribution in [0.5, 0.6) is 0 Å². The van der Waals surface area contributed by atoms with Gasteiger partial charge in [-0.05, 0) is 30.2 Å². The first kappa shape index (κ1) is 27.4. The van der Waals surface area contributed by atoms with Gasteiger partial charge in [0.1, 0.15) is 11.5 Å². The highest BCUT2D eigenvalue weighted by molar-refractivity contribution is 7.92. The molecule has 0 spiro atoms. The highest BCUT2D eigenvalue weighted by Gasteiger charge is 2.27. The van der Waals surface area contributed by atoms with Crippen LogP contribution in [0.4, 0.5) is 18.9 Å². The first-order valence-electron chi connectivity index (χ1n) is 10.7. The van der Waals surface area contributed by atoms with Crippen LogP contribution in [0.2, 0.25) is 0 Å². The van der Waals surface area contributed by atoms with Crippen molar-refractivity contribution < 1.29 is 26.4 Å². The van der Waals surface area contributed by atoms with E-state index in [2.05, 4.69) is 15.0 Å². The van der Waals surface area contributed by atoms with Gasteiger partial charge in [0, 0.05) is 36.3 Å². The number of aromatic nitrogens is 3. The predicted molar refractivity (Wildman–Crippen MR) is 129 cm³/mol. The smallest absolute Gasteiger partial charge is 0.229 e. The number of fused-ring (bicyclic) bond motifs is 1. The van der Waals surface area contributed by atoms with Gasteiger partial charge in [0.25, 0.3) is 0 Å². The Morgan fingerprint density at radius 3 is 2.44 bits per heavy atom. The minimum atomic E-state index is -3.40. The molecule has 1 aliphatic rings. The number of sulfonamides is 1. The van der Waals surface area contributed by atoms with Gasteiger partial charge in [0.2, 0.25) is 15.9 Å². The van der Waals surface area contributed by atoms with Crippen molar-refractivity contribution in [2.45, 2.75) is 32.0 Å². The SMILES string of the molecule is CS(=O)(=O)Nc1ccc(-c2nnn3c2CN(C(=O)C[C@H](N)Cc2cc(F)c(F)cc2F)CC3)cc1.Cl.